The Kier molecular flexibility index (Phi) is 9.87. The van der Waals surface area contributed by atoms with Crippen molar-refractivity contribution < 1.29 is 9.59 Å². The van der Waals surface area contributed by atoms with Gasteiger partial charge in [0.15, 0.2) is 0 Å². The number of aromatic nitrogens is 5. The van der Waals surface area contributed by atoms with Crippen LogP contribution in [0.4, 0.5) is 33.0 Å². The van der Waals surface area contributed by atoms with Crippen molar-refractivity contribution in [2.45, 2.75) is 38.8 Å². The summed E-state index contributed by atoms with van der Waals surface area (Å²) in [5.41, 5.74) is 18.5. The van der Waals surface area contributed by atoms with Crippen LogP contribution < -0.4 is 42.5 Å². The third-order valence-corrected chi connectivity index (χ3v) is 8.31. The van der Waals surface area contributed by atoms with Crippen LogP contribution in [0.5, 0.6) is 0 Å². The van der Waals surface area contributed by atoms with Gasteiger partial charge >= 0.3 is 12.1 Å². The zero-order valence-electron chi connectivity index (χ0n) is 27.2. The number of amides is 4. The number of imidazole rings is 2. The van der Waals surface area contributed by atoms with Crippen LogP contribution in [0.25, 0.3) is 33.2 Å². The third kappa shape index (κ3) is 7.75. The first-order chi connectivity index (χ1) is 23.3. The summed E-state index contributed by atoms with van der Waals surface area (Å²) in [4.78, 5) is 47.2. The lowest BCUT2D eigenvalue weighted by Gasteiger charge is -2.17. The lowest BCUT2D eigenvalue weighted by Crippen LogP contribution is -2.28. The number of H-pyrrole nitrogens is 2. The summed E-state index contributed by atoms with van der Waals surface area (Å²) >= 11 is 0. The second-order valence-electron chi connectivity index (χ2n) is 12.0. The smallest absolute Gasteiger partial charge is 0.321 e. The number of urea groups is 2. The standard InChI is InChI=1S/C19H23N7O.C14H20N6O/c1-2-21-19(27)25-18-23-15-5-3-12(9-16(15)24-18)13-4-6-17(22-10-13)26-8-7-14(20)11-26;1-2-16-14(21)19-13-17-11-4-3-10(7-12(11)18-13)20-6-5-9(15)8-20/h3-6,9-10,14H,2,7-8,11,20H2,1H3,(H3,21,23,24,25,27);3-4,7,9H,2,5-6,8,15H2,1H3,(H3,16,17,18,19,21). The molecule has 2 aliphatic heterocycles. The zero-order valence-corrected chi connectivity index (χ0v) is 27.2. The summed E-state index contributed by atoms with van der Waals surface area (Å²) in [6.07, 6.45) is 3.90. The van der Waals surface area contributed by atoms with E-state index in [4.69, 9.17) is 11.5 Å². The highest BCUT2D eigenvalue weighted by Gasteiger charge is 2.21. The number of nitrogens with zero attached hydrogens (tertiary/aromatic N) is 5. The van der Waals surface area contributed by atoms with Gasteiger partial charge in [0, 0.05) is 68.8 Å². The van der Waals surface area contributed by atoms with E-state index in [-0.39, 0.29) is 24.1 Å². The van der Waals surface area contributed by atoms with Gasteiger partial charge in [0.1, 0.15) is 5.82 Å². The van der Waals surface area contributed by atoms with Crippen LogP contribution in [0.2, 0.25) is 0 Å². The maximum absolute atomic E-state index is 11.6. The van der Waals surface area contributed by atoms with Crippen molar-refractivity contribution in [2.75, 3.05) is 59.7 Å². The summed E-state index contributed by atoms with van der Waals surface area (Å²) in [5, 5.41) is 10.7. The second-order valence-corrected chi connectivity index (χ2v) is 12.0. The quantitative estimate of drug-likeness (QED) is 0.129. The molecule has 2 saturated heterocycles. The van der Waals surface area contributed by atoms with Crippen molar-refractivity contribution >= 4 is 57.5 Å². The van der Waals surface area contributed by atoms with Crippen molar-refractivity contribution in [1.82, 2.24) is 35.6 Å². The van der Waals surface area contributed by atoms with E-state index in [1.807, 2.05) is 62.5 Å². The van der Waals surface area contributed by atoms with Crippen LogP contribution in [0, 0.1) is 0 Å². The van der Waals surface area contributed by atoms with E-state index < -0.39 is 0 Å². The Hall–Kier alpha value is -5.41. The Morgan fingerprint density at radius 3 is 1.88 bits per heavy atom. The molecule has 0 saturated carbocycles. The van der Waals surface area contributed by atoms with Gasteiger partial charge in [-0.25, -0.2) is 24.5 Å². The normalized spacial score (nSPS) is 17.3. The molecule has 2 fully saturated rings. The number of pyridine rings is 1. The summed E-state index contributed by atoms with van der Waals surface area (Å²) in [6, 6.07) is 16.0. The Labute approximate surface area is 278 Å². The van der Waals surface area contributed by atoms with Gasteiger partial charge in [-0.3, -0.25) is 10.6 Å². The first-order valence-electron chi connectivity index (χ1n) is 16.3. The van der Waals surface area contributed by atoms with Crippen LogP contribution in [0.15, 0.2) is 54.7 Å². The number of aromatic amines is 2. The monoisotopic (exact) mass is 653 g/mol. The lowest BCUT2D eigenvalue weighted by molar-refractivity contribution is 0.251. The molecule has 0 bridgehead atoms. The molecule has 5 heterocycles. The highest BCUT2D eigenvalue weighted by molar-refractivity contribution is 5.91. The van der Waals surface area contributed by atoms with Gasteiger partial charge in [-0.05, 0) is 74.7 Å². The molecule has 2 atom stereocenters. The first kappa shape index (κ1) is 32.5. The molecule has 48 heavy (non-hydrogen) atoms. The van der Waals surface area contributed by atoms with Crippen molar-refractivity contribution in [3.05, 3.63) is 54.7 Å². The fourth-order valence-corrected chi connectivity index (χ4v) is 5.89. The van der Waals surface area contributed by atoms with Crippen LogP contribution in [0.3, 0.4) is 0 Å². The summed E-state index contributed by atoms with van der Waals surface area (Å²) in [6.45, 7) is 8.53. The molecule has 252 valence electrons. The average molecular weight is 654 g/mol. The molecule has 0 spiro atoms. The van der Waals surface area contributed by atoms with Gasteiger partial charge in [0.25, 0.3) is 0 Å². The van der Waals surface area contributed by atoms with Crippen LogP contribution in [-0.2, 0) is 0 Å². The molecule has 4 amide bonds. The Balaban J connectivity index is 0.000000173. The van der Waals surface area contributed by atoms with Crippen LogP contribution in [0.1, 0.15) is 26.7 Å². The summed E-state index contributed by atoms with van der Waals surface area (Å²) in [7, 11) is 0. The SMILES string of the molecule is CCNC(=O)Nc1nc2ccc(-c3ccc(N4CCC(N)C4)nc3)cc2[nH]1.CCNC(=O)Nc1nc2ccc(N3CCC(N)C3)cc2[nH]1. The summed E-state index contributed by atoms with van der Waals surface area (Å²) in [5.74, 6) is 1.83. The minimum Gasteiger partial charge on any atom is -0.370 e. The second kappa shape index (κ2) is 14.6. The number of rotatable bonds is 7. The number of hydrogen-bond donors (Lipinski definition) is 8. The fraction of sp³-hybridized carbons (Fsp3) is 0.364. The molecule has 0 radical (unpaired) electrons. The van der Waals surface area contributed by atoms with Gasteiger partial charge in [0.05, 0.1) is 22.1 Å². The van der Waals surface area contributed by atoms with Crippen molar-refractivity contribution in [2.24, 2.45) is 11.5 Å². The molecule has 2 aliphatic rings. The average Bonchev–Trinajstić information content (AvgIpc) is 3.87. The first-order valence-corrected chi connectivity index (χ1v) is 16.3. The Morgan fingerprint density at radius 1 is 0.771 bits per heavy atom. The van der Waals surface area contributed by atoms with E-state index in [2.05, 4.69) is 62.1 Å². The van der Waals surface area contributed by atoms with Crippen LogP contribution in [-0.4, -0.2) is 88.3 Å². The van der Waals surface area contributed by atoms with E-state index in [1.54, 1.807) is 0 Å². The highest BCUT2D eigenvalue weighted by Crippen LogP contribution is 2.27. The van der Waals surface area contributed by atoms with Gasteiger partial charge in [0.2, 0.25) is 11.9 Å². The van der Waals surface area contributed by atoms with Gasteiger partial charge in [-0.15, -0.1) is 0 Å². The molecule has 0 aliphatic carbocycles. The molecule has 2 unspecified atom stereocenters. The molecule has 10 N–H and O–H groups in total. The van der Waals surface area contributed by atoms with Crippen molar-refractivity contribution in [3.8, 4) is 11.1 Å². The minimum absolute atomic E-state index is 0.233. The van der Waals surface area contributed by atoms with E-state index in [1.165, 1.54) is 0 Å². The number of carbonyl (C=O) groups excluding carboxylic acids is 2. The number of hydrogen-bond acceptors (Lipinski definition) is 9. The molecule has 15 heteroatoms. The van der Waals surface area contributed by atoms with Crippen molar-refractivity contribution in [3.63, 3.8) is 0 Å². The summed E-state index contributed by atoms with van der Waals surface area (Å²) < 4.78 is 0. The van der Waals surface area contributed by atoms with Gasteiger partial charge in [-0.2, -0.15) is 0 Å². The molecule has 7 rings (SSSR count). The number of carbonyl (C=O) groups is 2. The molecular weight excluding hydrogens is 610 g/mol. The van der Waals surface area contributed by atoms with Gasteiger partial charge in [-0.1, -0.05) is 6.07 Å². The van der Waals surface area contributed by atoms with Crippen molar-refractivity contribution in [1.29, 1.82) is 0 Å². The highest BCUT2D eigenvalue weighted by atomic mass is 16.2. The molecule has 15 nitrogen and oxygen atoms in total. The number of nitrogens with one attached hydrogen (secondary N) is 6. The minimum atomic E-state index is -0.279. The van der Waals surface area contributed by atoms with Gasteiger partial charge < -0.3 is 41.9 Å². The van der Waals surface area contributed by atoms with E-state index in [0.717, 1.165) is 83.7 Å². The zero-order chi connectivity index (χ0) is 33.6. The molecule has 3 aromatic heterocycles. The predicted molar refractivity (Wildman–Crippen MR) is 190 cm³/mol. The number of anilines is 4. The number of fused-ring (bicyclic) bond motifs is 2. The largest absolute Gasteiger partial charge is 0.370 e. The van der Waals surface area contributed by atoms with Crippen LogP contribution >= 0.6 is 0 Å². The maximum atomic E-state index is 11.6. The predicted octanol–water partition coefficient (Wildman–Crippen LogP) is 3.55. The molecular formula is C33H43N13O2. The number of benzene rings is 2. The third-order valence-electron chi connectivity index (χ3n) is 8.31. The topological polar surface area (TPSA) is 211 Å². The Bertz CT molecular complexity index is 1870. The van der Waals surface area contributed by atoms with E-state index >= 15 is 0 Å². The fourth-order valence-electron chi connectivity index (χ4n) is 5.89. The van der Waals surface area contributed by atoms with E-state index in [9.17, 15) is 9.59 Å². The lowest BCUT2D eigenvalue weighted by atomic mass is 10.1. The Morgan fingerprint density at radius 2 is 1.33 bits per heavy atom. The molecule has 2 aromatic carbocycles. The molecule has 5 aromatic rings. The maximum Gasteiger partial charge on any atom is 0.321 e. The number of nitrogens with two attached hydrogens (primary N) is 2. The van der Waals surface area contributed by atoms with E-state index in [0.29, 0.717) is 25.0 Å².